The van der Waals surface area contributed by atoms with E-state index in [9.17, 15) is 8.42 Å². The van der Waals surface area contributed by atoms with E-state index in [0.29, 0.717) is 0 Å². The third-order valence-corrected chi connectivity index (χ3v) is 4.25. The number of halogens is 1. The molecular formula is C9H11BrN2O2S. The number of nitrogen functional groups attached to an aromatic ring is 1. The van der Waals surface area contributed by atoms with Crippen molar-refractivity contribution in [1.82, 2.24) is 4.72 Å². The highest BCUT2D eigenvalue weighted by Crippen LogP contribution is 2.26. The van der Waals surface area contributed by atoms with E-state index < -0.39 is 10.0 Å². The average molecular weight is 291 g/mol. The number of hydrogen-bond acceptors (Lipinski definition) is 3. The van der Waals surface area contributed by atoms with Crippen LogP contribution in [0.1, 0.15) is 12.8 Å². The Balaban J connectivity index is 2.34. The third-order valence-electron chi connectivity index (χ3n) is 2.16. The molecule has 1 aromatic carbocycles. The van der Waals surface area contributed by atoms with Crippen LogP contribution in [0, 0.1) is 0 Å². The zero-order valence-corrected chi connectivity index (χ0v) is 10.3. The molecule has 2 rings (SSSR count). The highest BCUT2D eigenvalue weighted by molar-refractivity contribution is 9.10. The topological polar surface area (TPSA) is 72.2 Å². The monoisotopic (exact) mass is 290 g/mol. The molecule has 4 nitrogen and oxygen atoms in total. The Bertz CT molecular complexity index is 483. The van der Waals surface area contributed by atoms with Gasteiger partial charge in [0.25, 0.3) is 0 Å². The summed E-state index contributed by atoms with van der Waals surface area (Å²) in [5.41, 5.74) is 5.92. The molecule has 1 fully saturated rings. The minimum absolute atomic E-state index is 0.0954. The van der Waals surface area contributed by atoms with Crippen molar-refractivity contribution in [3.05, 3.63) is 22.7 Å². The van der Waals surface area contributed by atoms with Crippen LogP contribution in [0.3, 0.4) is 0 Å². The molecule has 0 radical (unpaired) electrons. The fourth-order valence-electron chi connectivity index (χ4n) is 1.25. The van der Waals surface area contributed by atoms with E-state index in [0.717, 1.165) is 17.3 Å². The molecule has 1 saturated carbocycles. The van der Waals surface area contributed by atoms with Crippen LogP contribution < -0.4 is 10.5 Å². The first-order valence-electron chi connectivity index (χ1n) is 4.56. The number of anilines is 1. The summed E-state index contributed by atoms with van der Waals surface area (Å²) < 4.78 is 27.0. The van der Waals surface area contributed by atoms with Gasteiger partial charge in [-0.3, -0.25) is 0 Å². The number of hydrogen-bond donors (Lipinski definition) is 2. The number of nitrogens with one attached hydrogen (secondary N) is 1. The van der Waals surface area contributed by atoms with E-state index in [1.165, 1.54) is 6.07 Å². The molecule has 0 saturated heterocycles. The maximum Gasteiger partial charge on any atom is 0.242 e. The number of benzene rings is 1. The first-order valence-corrected chi connectivity index (χ1v) is 6.84. The Labute approximate surface area is 97.0 Å². The van der Waals surface area contributed by atoms with E-state index in [1.807, 2.05) is 0 Å². The predicted octanol–water partition coefficient (Wildman–Crippen LogP) is 1.47. The standard InChI is InChI=1S/C9H11BrN2O2S/c10-6-1-4-9(8(11)5-6)15(13,14)12-7-2-3-7/h1,4-5,7,12H,2-3,11H2. The Morgan fingerprint density at radius 2 is 2.07 bits per heavy atom. The SMILES string of the molecule is Nc1cc(Br)ccc1S(=O)(=O)NC1CC1. The van der Waals surface area contributed by atoms with Gasteiger partial charge in [-0.25, -0.2) is 13.1 Å². The van der Waals surface area contributed by atoms with Crippen LogP contribution in [0.4, 0.5) is 5.69 Å². The van der Waals surface area contributed by atoms with Crippen molar-refractivity contribution in [3.8, 4) is 0 Å². The van der Waals surface area contributed by atoms with E-state index in [1.54, 1.807) is 12.1 Å². The molecule has 0 amide bonds. The molecule has 0 heterocycles. The lowest BCUT2D eigenvalue weighted by Gasteiger charge is -2.08. The van der Waals surface area contributed by atoms with Crippen molar-refractivity contribution < 1.29 is 8.42 Å². The maximum atomic E-state index is 11.8. The fraction of sp³-hybridized carbons (Fsp3) is 0.333. The van der Waals surface area contributed by atoms with Gasteiger partial charge in [-0.15, -0.1) is 0 Å². The number of nitrogens with two attached hydrogens (primary N) is 1. The van der Waals surface area contributed by atoms with Crippen LogP contribution in [0.2, 0.25) is 0 Å². The minimum Gasteiger partial charge on any atom is -0.398 e. The van der Waals surface area contributed by atoms with Gasteiger partial charge in [0.1, 0.15) is 4.90 Å². The summed E-state index contributed by atoms with van der Waals surface area (Å²) in [6.45, 7) is 0. The van der Waals surface area contributed by atoms with Gasteiger partial charge in [0, 0.05) is 10.5 Å². The van der Waals surface area contributed by atoms with Crippen LogP contribution in [-0.2, 0) is 10.0 Å². The van der Waals surface area contributed by atoms with Crippen LogP contribution in [0.15, 0.2) is 27.6 Å². The van der Waals surface area contributed by atoms with Gasteiger partial charge in [0.15, 0.2) is 0 Å². The molecule has 1 aromatic rings. The Hall–Kier alpha value is -0.590. The van der Waals surface area contributed by atoms with Crippen molar-refractivity contribution in [2.24, 2.45) is 0 Å². The lowest BCUT2D eigenvalue weighted by atomic mass is 10.3. The highest BCUT2D eigenvalue weighted by Gasteiger charge is 2.28. The van der Waals surface area contributed by atoms with Gasteiger partial charge in [-0.2, -0.15) is 0 Å². The van der Waals surface area contributed by atoms with Gasteiger partial charge in [-0.1, -0.05) is 15.9 Å². The summed E-state index contributed by atoms with van der Waals surface area (Å²) in [6.07, 6.45) is 1.82. The third kappa shape index (κ3) is 2.50. The molecule has 3 N–H and O–H groups in total. The minimum atomic E-state index is -3.44. The fourth-order valence-corrected chi connectivity index (χ4v) is 3.04. The molecule has 0 atom stereocenters. The van der Waals surface area contributed by atoms with Crippen LogP contribution in [-0.4, -0.2) is 14.5 Å². The maximum absolute atomic E-state index is 11.8. The lowest BCUT2D eigenvalue weighted by Crippen LogP contribution is -2.26. The molecule has 15 heavy (non-hydrogen) atoms. The van der Waals surface area contributed by atoms with Crippen LogP contribution in [0.5, 0.6) is 0 Å². The summed E-state index contributed by atoms with van der Waals surface area (Å²) >= 11 is 3.23. The summed E-state index contributed by atoms with van der Waals surface area (Å²) in [5, 5.41) is 0. The molecular weight excluding hydrogens is 280 g/mol. The summed E-state index contributed by atoms with van der Waals surface area (Å²) in [7, 11) is -3.44. The number of rotatable bonds is 3. The van der Waals surface area contributed by atoms with Crippen molar-refractivity contribution in [2.75, 3.05) is 5.73 Å². The molecule has 0 aliphatic heterocycles. The summed E-state index contributed by atoms with van der Waals surface area (Å²) in [4.78, 5) is 0.151. The lowest BCUT2D eigenvalue weighted by molar-refractivity contribution is 0.581. The quantitative estimate of drug-likeness (QED) is 0.828. The van der Waals surface area contributed by atoms with E-state index >= 15 is 0 Å². The van der Waals surface area contributed by atoms with Crippen molar-refractivity contribution >= 4 is 31.6 Å². The second-order valence-electron chi connectivity index (χ2n) is 3.58. The zero-order chi connectivity index (χ0) is 11.1. The molecule has 1 aliphatic carbocycles. The highest BCUT2D eigenvalue weighted by atomic mass is 79.9. The first-order chi connectivity index (χ1) is 6.99. The van der Waals surface area contributed by atoms with Gasteiger partial charge < -0.3 is 5.73 Å². The van der Waals surface area contributed by atoms with E-state index in [-0.39, 0.29) is 16.6 Å². The van der Waals surface area contributed by atoms with E-state index in [4.69, 9.17) is 5.73 Å². The average Bonchev–Trinajstić information content (AvgIpc) is 2.86. The summed E-state index contributed by atoms with van der Waals surface area (Å²) in [6, 6.07) is 4.85. The van der Waals surface area contributed by atoms with Gasteiger partial charge in [0.2, 0.25) is 10.0 Å². The Morgan fingerprint density at radius 1 is 1.40 bits per heavy atom. The van der Waals surface area contributed by atoms with Gasteiger partial charge >= 0.3 is 0 Å². The van der Waals surface area contributed by atoms with Crippen LogP contribution >= 0.6 is 15.9 Å². The van der Waals surface area contributed by atoms with Crippen molar-refractivity contribution in [2.45, 2.75) is 23.8 Å². The second-order valence-corrected chi connectivity index (χ2v) is 6.18. The second kappa shape index (κ2) is 3.77. The van der Waals surface area contributed by atoms with Gasteiger partial charge in [-0.05, 0) is 31.0 Å². The van der Waals surface area contributed by atoms with Crippen molar-refractivity contribution in [3.63, 3.8) is 0 Å². The first kappa shape index (κ1) is 10.9. The molecule has 6 heteroatoms. The Morgan fingerprint density at radius 3 is 2.60 bits per heavy atom. The Kier molecular flexibility index (Phi) is 2.74. The summed E-state index contributed by atoms with van der Waals surface area (Å²) in [5.74, 6) is 0. The van der Waals surface area contributed by atoms with Crippen molar-refractivity contribution in [1.29, 1.82) is 0 Å². The normalized spacial score (nSPS) is 16.6. The molecule has 0 bridgehead atoms. The number of sulfonamides is 1. The predicted molar refractivity (Wildman–Crippen MR) is 61.9 cm³/mol. The smallest absolute Gasteiger partial charge is 0.242 e. The largest absolute Gasteiger partial charge is 0.398 e. The molecule has 0 spiro atoms. The molecule has 0 unspecified atom stereocenters. The molecule has 1 aliphatic rings. The zero-order valence-electron chi connectivity index (χ0n) is 7.90. The van der Waals surface area contributed by atoms with Crippen LogP contribution in [0.25, 0.3) is 0 Å². The molecule has 0 aromatic heterocycles. The molecule has 82 valence electrons. The van der Waals surface area contributed by atoms with Gasteiger partial charge in [0.05, 0.1) is 5.69 Å². The van der Waals surface area contributed by atoms with E-state index in [2.05, 4.69) is 20.7 Å².